The van der Waals surface area contributed by atoms with Gasteiger partial charge >= 0.3 is 5.97 Å². The molecule has 0 aliphatic heterocycles. The lowest BCUT2D eigenvalue weighted by Gasteiger charge is -2.07. The topological polar surface area (TPSA) is 108 Å². The van der Waals surface area contributed by atoms with Crippen molar-refractivity contribution in [2.24, 2.45) is 5.92 Å². The summed E-state index contributed by atoms with van der Waals surface area (Å²) in [7, 11) is 0. The van der Waals surface area contributed by atoms with E-state index in [2.05, 4.69) is 15.6 Å². The zero-order valence-electron chi connectivity index (χ0n) is 10.8. The van der Waals surface area contributed by atoms with Crippen LogP contribution in [0.15, 0.2) is 18.3 Å². The molecule has 0 unspecified atom stereocenters. The number of carboxylic acids is 1. The van der Waals surface area contributed by atoms with Crippen molar-refractivity contribution in [3.63, 3.8) is 0 Å². The number of hydrogen-bond donors (Lipinski definition) is 3. The first-order valence-corrected chi connectivity index (χ1v) is 6.33. The van der Waals surface area contributed by atoms with E-state index in [1.54, 1.807) is 0 Å². The molecule has 1 aliphatic carbocycles. The molecule has 3 N–H and O–H groups in total. The first-order chi connectivity index (χ1) is 9.58. The number of nitrogens with one attached hydrogen (secondary N) is 2. The second kappa shape index (κ2) is 6.14. The van der Waals surface area contributed by atoms with Crippen LogP contribution in [0, 0.1) is 5.92 Å². The van der Waals surface area contributed by atoms with Crippen molar-refractivity contribution < 1.29 is 19.5 Å². The third-order valence-corrected chi connectivity index (χ3v) is 2.90. The van der Waals surface area contributed by atoms with Gasteiger partial charge in [0.15, 0.2) is 0 Å². The molecule has 0 spiro atoms. The van der Waals surface area contributed by atoms with E-state index in [0.29, 0.717) is 13.1 Å². The highest BCUT2D eigenvalue weighted by Crippen LogP contribution is 2.28. The fourth-order valence-electron chi connectivity index (χ4n) is 1.64. The highest BCUT2D eigenvalue weighted by atomic mass is 16.4. The van der Waals surface area contributed by atoms with E-state index in [0.717, 1.165) is 12.8 Å². The predicted octanol–water partition coefficient (Wildman–Crippen LogP) is 0.0358. The van der Waals surface area contributed by atoms with E-state index in [1.165, 1.54) is 18.3 Å². The van der Waals surface area contributed by atoms with Crippen LogP contribution in [0.5, 0.6) is 0 Å². The first kappa shape index (κ1) is 14.0. The molecular weight excluding hydrogens is 262 g/mol. The second-order valence-corrected chi connectivity index (χ2v) is 4.56. The van der Waals surface area contributed by atoms with Gasteiger partial charge in [-0.05, 0) is 25.0 Å². The molecule has 0 aromatic carbocycles. The summed E-state index contributed by atoms with van der Waals surface area (Å²) in [6.45, 7) is 0.653. The van der Waals surface area contributed by atoms with Gasteiger partial charge in [0, 0.05) is 30.8 Å². The lowest BCUT2D eigenvalue weighted by atomic mass is 10.2. The van der Waals surface area contributed by atoms with Crippen molar-refractivity contribution >= 4 is 17.8 Å². The monoisotopic (exact) mass is 277 g/mol. The number of amides is 2. The molecule has 106 valence electrons. The molecule has 0 saturated heterocycles. The minimum atomic E-state index is -1.18. The van der Waals surface area contributed by atoms with Gasteiger partial charge in [0.25, 0.3) is 5.91 Å². The molecule has 0 radical (unpaired) electrons. The van der Waals surface area contributed by atoms with Gasteiger partial charge in [-0.3, -0.25) is 9.59 Å². The van der Waals surface area contributed by atoms with E-state index in [1.807, 2.05) is 0 Å². The van der Waals surface area contributed by atoms with Crippen LogP contribution in [-0.2, 0) is 4.79 Å². The zero-order valence-corrected chi connectivity index (χ0v) is 10.8. The maximum Gasteiger partial charge on any atom is 0.354 e. The summed E-state index contributed by atoms with van der Waals surface area (Å²) in [5.74, 6) is -1.41. The highest BCUT2D eigenvalue weighted by molar-refractivity contribution is 5.96. The largest absolute Gasteiger partial charge is 0.477 e. The Labute approximate surface area is 115 Å². The normalized spacial score (nSPS) is 13.6. The fraction of sp³-hybridized carbons (Fsp3) is 0.385. The Kier molecular flexibility index (Phi) is 4.29. The number of carboxylic acid groups (broad SMARTS) is 1. The summed E-state index contributed by atoms with van der Waals surface area (Å²) < 4.78 is 0. The van der Waals surface area contributed by atoms with Gasteiger partial charge < -0.3 is 15.7 Å². The summed E-state index contributed by atoms with van der Waals surface area (Å²) in [5, 5.41) is 14.1. The SMILES string of the molecule is O=C(NCCNC(=O)C1CC1)c1ccnc(C(=O)O)c1. The molecule has 1 aliphatic rings. The Morgan fingerprint density at radius 2 is 1.95 bits per heavy atom. The third kappa shape index (κ3) is 3.78. The number of carbonyl (C=O) groups excluding carboxylic acids is 2. The van der Waals surface area contributed by atoms with E-state index in [9.17, 15) is 14.4 Å². The van der Waals surface area contributed by atoms with Gasteiger partial charge in [-0.15, -0.1) is 0 Å². The lowest BCUT2D eigenvalue weighted by molar-refractivity contribution is -0.122. The number of hydrogen-bond acceptors (Lipinski definition) is 4. The Morgan fingerprint density at radius 3 is 2.60 bits per heavy atom. The Hall–Kier alpha value is -2.44. The maximum atomic E-state index is 11.8. The van der Waals surface area contributed by atoms with Gasteiger partial charge in [-0.25, -0.2) is 9.78 Å². The molecule has 1 saturated carbocycles. The lowest BCUT2D eigenvalue weighted by Crippen LogP contribution is -2.35. The molecule has 20 heavy (non-hydrogen) atoms. The van der Waals surface area contributed by atoms with Crippen LogP contribution in [0.2, 0.25) is 0 Å². The van der Waals surface area contributed by atoms with Gasteiger partial charge in [-0.2, -0.15) is 0 Å². The molecule has 1 heterocycles. The fourth-order valence-corrected chi connectivity index (χ4v) is 1.64. The summed E-state index contributed by atoms with van der Waals surface area (Å²) in [6.07, 6.45) is 3.15. The molecule has 2 rings (SSSR count). The van der Waals surface area contributed by atoms with Crippen molar-refractivity contribution in [1.29, 1.82) is 0 Å². The van der Waals surface area contributed by atoms with Crippen molar-refractivity contribution in [2.75, 3.05) is 13.1 Å². The van der Waals surface area contributed by atoms with Crippen molar-refractivity contribution in [3.05, 3.63) is 29.6 Å². The number of aromatic carboxylic acids is 1. The van der Waals surface area contributed by atoms with Crippen LogP contribution in [0.3, 0.4) is 0 Å². The third-order valence-electron chi connectivity index (χ3n) is 2.90. The Morgan fingerprint density at radius 1 is 1.25 bits per heavy atom. The average molecular weight is 277 g/mol. The molecule has 0 atom stereocenters. The van der Waals surface area contributed by atoms with Crippen LogP contribution >= 0.6 is 0 Å². The predicted molar refractivity (Wildman–Crippen MR) is 69.3 cm³/mol. The van der Waals surface area contributed by atoms with Gasteiger partial charge in [-0.1, -0.05) is 0 Å². The van der Waals surface area contributed by atoms with Gasteiger partial charge in [0.05, 0.1) is 0 Å². The Balaban J connectivity index is 1.77. The van der Waals surface area contributed by atoms with Crippen molar-refractivity contribution in [3.8, 4) is 0 Å². The van der Waals surface area contributed by atoms with Crippen molar-refractivity contribution in [1.82, 2.24) is 15.6 Å². The number of nitrogens with zero attached hydrogens (tertiary/aromatic N) is 1. The number of pyridine rings is 1. The van der Waals surface area contributed by atoms with Crippen LogP contribution in [0.25, 0.3) is 0 Å². The standard InChI is InChI=1S/C13H15N3O4/c17-11(8-1-2-8)15-5-6-16-12(18)9-3-4-14-10(7-9)13(19)20/h3-4,7-8H,1-2,5-6H2,(H,15,17)(H,16,18)(H,19,20). The number of carbonyl (C=O) groups is 3. The van der Waals surface area contributed by atoms with Crippen LogP contribution in [0.4, 0.5) is 0 Å². The van der Waals surface area contributed by atoms with E-state index >= 15 is 0 Å². The molecule has 2 amide bonds. The molecule has 0 bridgehead atoms. The minimum absolute atomic E-state index is 0.0244. The van der Waals surface area contributed by atoms with Crippen molar-refractivity contribution in [2.45, 2.75) is 12.8 Å². The summed E-state index contributed by atoms with van der Waals surface area (Å²) in [4.78, 5) is 37.5. The van der Waals surface area contributed by atoms with E-state index < -0.39 is 11.9 Å². The molecule has 1 fully saturated rings. The molecule has 1 aromatic rings. The van der Waals surface area contributed by atoms with Crippen LogP contribution < -0.4 is 10.6 Å². The molecule has 7 heteroatoms. The van der Waals surface area contributed by atoms with Gasteiger partial charge in [0.2, 0.25) is 5.91 Å². The maximum absolute atomic E-state index is 11.8. The van der Waals surface area contributed by atoms with E-state index in [-0.39, 0.29) is 23.1 Å². The Bertz CT molecular complexity index is 540. The summed E-state index contributed by atoms with van der Waals surface area (Å²) in [6, 6.07) is 2.64. The quantitative estimate of drug-likeness (QED) is 0.636. The second-order valence-electron chi connectivity index (χ2n) is 4.56. The van der Waals surface area contributed by atoms with Crippen LogP contribution in [-0.4, -0.2) is 41.0 Å². The smallest absolute Gasteiger partial charge is 0.354 e. The minimum Gasteiger partial charge on any atom is -0.477 e. The van der Waals surface area contributed by atoms with Crippen LogP contribution in [0.1, 0.15) is 33.7 Å². The highest BCUT2D eigenvalue weighted by Gasteiger charge is 2.28. The molecule has 7 nitrogen and oxygen atoms in total. The van der Waals surface area contributed by atoms with E-state index in [4.69, 9.17) is 5.11 Å². The number of rotatable bonds is 6. The molecule has 1 aromatic heterocycles. The molecular formula is C13H15N3O4. The summed E-state index contributed by atoms with van der Waals surface area (Å²) >= 11 is 0. The average Bonchev–Trinajstić information content (AvgIpc) is 3.27. The summed E-state index contributed by atoms with van der Waals surface area (Å²) in [5.41, 5.74) is 0.0469. The first-order valence-electron chi connectivity index (χ1n) is 6.33. The zero-order chi connectivity index (χ0) is 14.5. The van der Waals surface area contributed by atoms with Gasteiger partial charge in [0.1, 0.15) is 5.69 Å². The number of aromatic nitrogens is 1.